The highest BCUT2D eigenvalue weighted by Gasteiger charge is 2.15. The van der Waals surface area contributed by atoms with Gasteiger partial charge in [0.05, 0.1) is 6.54 Å². The number of anilines is 1. The third-order valence-electron chi connectivity index (χ3n) is 4.38. The van der Waals surface area contributed by atoms with Gasteiger partial charge in [0.15, 0.2) is 0 Å². The SMILES string of the molecule is Cc1nc(OCCNC(=O)CCn2ccc(=O)[nH]c2=O)cc(N2CCCC2)n1. The van der Waals surface area contributed by atoms with Crippen LogP contribution in [-0.4, -0.2) is 51.7 Å². The van der Waals surface area contributed by atoms with Crippen molar-refractivity contribution in [3.8, 4) is 5.88 Å². The molecule has 1 fully saturated rings. The van der Waals surface area contributed by atoms with Crippen LogP contribution >= 0.6 is 0 Å². The van der Waals surface area contributed by atoms with Gasteiger partial charge in [-0.25, -0.2) is 9.78 Å². The summed E-state index contributed by atoms with van der Waals surface area (Å²) in [4.78, 5) is 47.6. The standard InChI is InChI=1S/C18H24N6O4/c1-13-20-14(23-7-2-3-8-23)12-17(21-13)28-11-6-19-15(25)4-9-24-10-5-16(26)22-18(24)27/h5,10,12H,2-4,6-9,11H2,1H3,(H,19,25)(H,22,26,27). The van der Waals surface area contributed by atoms with Gasteiger partial charge in [-0.3, -0.25) is 14.6 Å². The quantitative estimate of drug-likeness (QED) is 0.602. The minimum atomic E-state index is -0.531. The average molecular weight is 388 g/mol. The fourth-order valence-corrected chi connectivity index (χ4v) is 2.98. The molecule has 2 aromatic heterocycles. The van der Waals surface area contributed by atoms with Gasteiger partial charge in [0.1, 0.15) is 18.2 Å². The molecule has 3 heterocycles. The number of hydrogen-bond donors (Lipinski definition) is 2. The highest BCUT2D eigenvalue weighted by molar-refractivity contribution is 5.75. The molecule has 0 aromatic carbocycles. The molecule has 1 aliphatic rings. The van der Waals surface area contributed by atoms with Gasteiger partial charge in [0.25, 0.3) is 5.56 Å². The van der Waals surface area contributed by atoms with E-state index in [-0.39, 0.29) is 25.5 Å². The van der Waals surface area contributed by atoms with Gasteiger partial charge < -0.3 is 19.5 Å². The van der Waals surface area contributed by atoms with E-state index in [0.717, 1.165) is 31.7 Å². The summed E-state index contributed by atoms with van der Waals surface area (Å²) in [6.07, 6.45) is 3.82. The molecule has 10 nitrogen and oxygen atoms in total. The molecule has 2 aromatic rings. The van der Waals surface area contributed by atoms with Crippen LogP contribution in [0.4, 0.5) is 5.82 Å². The molecule has 150 valence electrons. The van der Waals surface area contributed by atoms with Crippen molar-refractivity contribution in [2.24, 2.45) is 0 Å². The fourth-order valence-electron chi connectivity index (χ4n) is 2.98. The van der Waals surface area contributed by atoms with Gasteiger partial charge in [-0.15, -0.1) is 0 Å². The number of ether oxygens (including phenoxy) is 1. The Kier molecular flexibility index (Phi) is 6.41. The summed E-state index contributed by atoms with van der Waals surface area (Å²) in [6, 6.07) is 3.07. The number of nitrogens with one attached hydrogen (secondary N) is 2. The first-order valence-corrected chi connectivity index (χ1v) is 9.31. The minimum Gasteiger partial charge on any atom is -0.476 e. The Bertz CT molecular complexity index is 932. The van der Waals surface area contributed by atoms with Crippen LogP contribution in [0.25, 0.3) is 0 Å². The Balaban J connectivity index is 1.42. The summed E-state index contributed by atoms with van der Waals surface area (Å²) >= 11 is 0. The Morgan fingerprint density at radius 1 is 1.29 bits per heavy atom. The van der Waals surface area contributed by atoms with E-state index in [1.54, 1.807) is 0 Å². The molecule has 0 spiro atoms. The Labute approximate surface area is 161 Å². The first-order valence-electron chi connectivity index (χ1n) is 9.31. The second-order valence-corrected chi connectivity index (χ2v) is 6.56. The maximum absolute atomic E-state index is 11.9. The molecule has 0 aliphatic carbocycles. The summed E-state index contributed by atoms with van der Waals surface area (Å²) in [5.41, 5.74) is -0.993. The molecule has 1 aliphatic heterocycles. The first kappa shape index (κ1) is 19.6. The van der Waals surface area contributed by atoms with Crippen molar-refractivity contribution in [2.75, 3.05) is 31.1 Å². The third-order valence-corrected chi connectivity index (χ3v) is 4.38. The van der Waals surface area contributed by atoms with E-state index in [1.807, 2.05) is 13.0 Å². The summed E-state index contributed by atoms with van der Waals surface area (Å²) in [7, 11) is 0. The lowest BCUT2D eigenvalue weighted by Crippen LogP contribution is -2.32. The number of amides is 1. The van der Waals surface area contributed by atoms with Crippen molar-refractivity contribution in [1.82, 2.24) is 24.8 Å². The monoisotopic (exact) mass is 388 g/mol. The summed E-state index contributed by atoms with van der Waals surface area (Å²) in [5, 5.41) is 2.73. The van der Waals surface area contributed by atoms with Crippen LogP contribution in [0.2, 0.25) is 0 Å². The number of aromatic amines is 1. The van der Waals surface area contributed by atoms with E-state index in [9.17, 15) is 14.4 Å². The molecule has 0 radical (unpaired) electrons. The second-order valence-electron chi connectivity index (χ2n) is 6.56. The topological polar surface area (TPSA) is 122 Å². The van der Waals surface area contributed by atoms with Crippen molar-refractivity contribution in [2.45, 2.75) is 32.7 Å². The fraction of sp³-hybridized carbons (Fsp3) is 0.500. The number of hydrogen-bond acceptors (Lipinski definition) is 7. The highest BCUT2D eigenvalue weighted by Crippen LogP contribution is 2.21. The normalized spacial score (nSPS) is 13.5. The van der Waals surface area contributed by atoms with Crippen LogP contribution in [0.5, 0.6) is 5.88 Å². The van der Waals surface area contributed by atoms with Crippen LogP contribution in [0.15, 0.2) is 27.9 Å². The number of aromatic nitrogens is 4. The summed E-state index contributed by atoms with van der Waals surface area (Å²) in [5.74, 6) is 1.80. The second kappa shape index (κ2) is 9.16. The number of aryl methyl sites for hydroxylation is 2. The van der Waals surface area contributed by atoms with Crippen LogP contribution in [-0.2, 0) is 11.3 Å². The minimum absolute atomic E-state index is 0.123. The zero-order valence-electron chi connectivity index (χ0n) is 15.8. The molecule has 0 bridgehead atoms. The first-order chi connectivity index (χ1) is 13.5. The molecule has 3 rings (SSSR count). The Morgan fingerprint density at radius 2 is 2.07 bits per heavy atom. The predicted molar refractivity (Wildman–Crippen MR) is 103 cm³/mol. The summed E-state index contributed by atoms with van der Waals surface area (Å²) in [6.45, 7) is 4.59. The molecule has 10 heteroatoms. The van der Waals surface area contributed by atoms with E-state index >= 15 is 0 Å². The molecule has 0 atom stereocenters. The van der Waals surface area contributed by atoms with E-state index < -0.39 is 11.2 Å². The van der Waals surface area contributed by atoms with Crippen LogP contribution in [0.3, 0.4) is 0 Å². The van der Waals surface area contributed by atoms with E-state index in [0.29, 0.717) is 18.2 Å². The lowest BCUT2D eigenvalue weighted by Gasteiger charge is -2.17. The Hall–Kier alpha value is -3.17. The average Bonchev–Trinajstić information content (AvgIpc) is 3.19. The van der Waals surface area contributed by atoms with Crippen molar-refractivity contribution in [3.05, 3.63) is 45.0 Å². The number of carbonyl (C=O) groups excluding carboxylic acids is 1. The lowest BCUT2D eigenvalue weighted by molar-refractivity contribution is -0.121. The van der Waals surface area contributed by atoms with Gasteiger partial charge >= 0.3 is 5.69 Å². The van der Waals surface area contributed by atoms with Crippen molar-refractivity contribution < 1.29 is 9.53 Å². The number of nitrogens with zero attached hydrogens (tertiary/aromatic N) is 4. The van der Waals surface area contributed by atoms with Crippen LogP contribution < -0.4 is 26.2 Å². The van der Waals surface area contributed by atoms with Crippen LogP contribution in [0, 0.1) is 6.92 Å². The van der Waals surface area contributed by atoms with E-state index in [2.05, 4.69) is 25.2 Å². The molecule has 1 saturated heterocycles. The van der Waals surface area contributed by atoms with Gasteiger partial charge in [-0.2, -0.15) is 4.98 Å². The molecule has 2 N–H and O–H groups in total. The zero-order chi connectivity index (χ0) is 19.9. The van der Waals surface area contributed by atoms with E-state index in [1.165, 1.54) is 16.8 Å². The molecule has 0 unspecified atom stereocenters. The molecule has 28 heavy (non-hydrogen) atoms. The van der Waals surface area contributed by atoms with Crippen molar-refractivity contribution >= 4 is 11.7 Å². The molecule has 1 amide bonds. The lowest BCUT2D eigenvalue weighted by atomic mass is 10.4. The number of rotatable bonds is 8. The van der Waals surface area contributed by atoms with Crippen molar-refractivity contribution in [3.63, 3.8) is 0 Å². The molecular formula is C18H24N6O4. The predicted octanol–water partition coefficient (Wildman–Crippen LogP) is -0.179. The number of H-pyrrole nitrogens is 1. The van der Waals surface area contributed by atoms with Crippen LogP contribution in [0.1, 0.15) is 25.1 Å². The third kappa shape index (κ3) is 5.41. The van der Waals surface area contributed by atoms with Gasteiger partial charge in [0, 0.05) is 44.4 Å². The van der Waals surface area contributed by atoms with Gasteiger partial charge in [0.2, 0.25) is 11.8 Å². The maximum Gasteiger partial charge on any atom is 0.328 e. The van der Waals surface area contributed by atoms with Crippen molar-refractivity contribution in [1.29, 1.82) is 0 Å². The van der Waals surface area contributed by atoms with E-state index in [4.69, 9.17) is 4.74 Å². The molecule has 0 saturated carbocycles. The summed E-state index contributed by atoms with van der Waals surface area (Å²) < 4.78 is 6.92. The zero-order valence-corrected chi connectivity index (χ0v) is 15.8. The highest BCUT2D eigenvalue weighted by atomic mass is 16.5. The molecular weight excluding hydrogens is 364 g/mol. The number of carbonyl (C=O) groups is 1. The smallest absolute Gasteiger partial charge is 0.328 e. The maximum atomic E-state index is 11.9. The van der Waals surface area contributed by atoms with Gasteiger partial charge in [-0.05, 0) is 19.8 Å². The Morgan fingerprint density at radius 3 is 2.82 bits per heavy atom. The largest absolute Gasteiger partial charge is 0.476 e. The van der Waals surface area contributed by atoms with Gasteiger partial charge in [-0.1, -0.05) is 0 Å².